The second-order valence-corrected chi connectivity index (χ2v) is 5.93. The number of ketones is 1. The number of carbonyl (C=O) groups is 3. The first-order valence-corrected chi connectivity index (χ1v) is 7.23. The minimum absolute atomic E-state index is 0.209. The minimum atomic E-state index is -1.51. The molecule has 0 radical (unpaired) electrons. The second kappa shape index (κ2) is 5.16. The number of carboxylic acids is 1. The summed E-state index contributed by atoms with van der Waals surface area (Å²) < 4.78 is 11.9. The van der Waals surface area contributed by atoms with Crippen molar-refractivity contribution in [3.63, 3.8) is 0 Å². The largest absolute Gasteiger partial charge is 0.480 e. The lowest BCUT2D eigenvalue weighted by Crippen LogP contribution is -2.48. The van der Waals surface area contributed by atoms with E-state index >= 15 is 0 Å². The summed E-state index contributed by atoms with van der Waals surface area (Å²) in [6.07, 6.45) is 0. The summed E-state index contributed by atoms with van der Waals surface area (Å²) >= 11 is 0. The smallest absolute Gasteiger partial charge is 0.326 e. The standard InChI is InChI=1S/C13H13NO5S/c1-7(13(17)18)14-10-5-9(8(2)15)3-4-11(10)20(19)6-12(14)16/h3-5,7H,6H2,1-2H3,(H,17,18). The molecule has 1 amide bonds. The van der Waals surface area contributed by atoms with Gasteiger partial charge < -0.3 is 5.11 Å². The third kappa shape index (κ3) is 2.36. The van der Waals surface area contributed by atoms with Crippen LogP contribution in [0.1, 0.15) is 24.2 Å². The summed E-state index contributed by atoms with van der Waals surface area (Å²) in [6, 6.07) is 3.38. The van der Waals surface area contributed by atoms with E-state index in [1.165, 1.54) is 32.0 Å². The molecule has 1 aromatic rings. The molecule has 0 spiro atoms. The molecule has 1 N–H and O–H groups in total. The van der Waals surface area contributed by atoms with Gasteiger partial charge in [0.25, 0.3) is 0 Å². The number of amides is 1. The molecule has 106 valence electrons. The summed E-state index contributed by atoms with van der Waals surface area (Å²) in [5.41, 5.74) is 0.584. The Hall–Kier alpha value is -2.02. The highest BCUT2D eigenvalue weighted by Crippen LogP contribution is 2.31. The van der Waals surface area contributed by atoms with Crippen LogP contribution >= 0.6 is 0 Å². The molecule has 0 saturated carbocycles. The highest BCUT2D eigenvalue weighted by molar-refractivity contribution is 7.86. The number of carbonyl (C=O) groups excluding carboxylic acids is 2. The van der Waals surface area contributed by atoms with Gasteiger partial charge in [-0.15, -0.1) is 0 Å². The Balaban J connectivity index is 2.62. The molecular formula is C13H13NO5S. The quantitative estimate of drug-likeness (QED) is 0.833. The second-order valence-electron chi connectivity index (χ2n) is 4.51. The molecular weight excluding hydrogens is 282 g/mol. The third-order valence-corrected chi connectivity index (χ3v) is 4.48. The average molecular weight is 295 g/mol. The molecule has 0 aliphatic carbocycles. The monoisotopic (exact) mass is 295 g/mol. The van der Waals surface area contributed by atoms with Crippen LogP contribution in [0.15, 0.2) is 23.1 Å². The van der Waals surface area contributed by atoms with Crippen molar-refractivity contribution in [2.24, 2.45) is 0 Å². The zero-order valence-electron chi connectivity index (χ0n) is 11.0. The van der Waals surface area contributed by atoms with E-state index in [9.17, 15) is 18.6 Å². The van der Waals surface area contributed by atoms with Gasteiger partial charge in [-0.25, -0.2) is 4.79 Å². The predicted octanol–water partition coefficient (Wildman–Crippen LogP) is 0.817. The molecule has 2 unspecified atom stereocenters. The van der Waals surface area contributed by atoms with Crippen LogP contribution in [0.3, 0.4) is 0 Å². The molecule has 0 saturated heterocycles. The van der Waals surface area contributed by atoms with Gasteiger partial charge in [0.2, 0.25) is 5.91 Å². The molecule has 1 aliphatic heterocycles. The minimum Gasteiger partial charge on any atom is -0.480 e. The fourth-order valence-corrected chi connectivity index (χ4v) is 3.18. The van der Waals surface area contributed by atoms with Crippen molar-refractivity contribution in [1.29, 1.82) is 0 Å². The molecule has 2 rings (SSSR count). The summed E-state index contributed by atoms with van der Waals surface area (Å²) in [4.78, 5) is 36.0. The van der Waals surface area contributed by atoms with Gasteiger partial charge >= 0.3 is 5.97 Å². The Morgan fingerprint density at radius 2 is 2.05 bits per heavy atom. The number of carboxylic acid groups (broad SMARTS) is 1. The van der Waals surface area contributed by atoms with E-state index in [1.807, 2.05) is 0 Å². The Kier molecular flexibility index (Phi) is 3.71. The van der Waals surface area contributed by atoms with Crippen LogP contribution in [0.5, 0.6) is 0 Å². The van der Waals surface area contributed by atoms with Gasteiger partial charge in [-0.2, -0.15) is 0 Å². The van der Waals surface area contributed by atoms with Crippen molar-refractivity contribution in [1.82, 2.24) is 0 Å². The summed E-state index contributed by atoms with van der Waals surface area (Å²) in [7, 11) is -1.51. The van der Waals surface area contributed by atoms with E-state index in [1.54, 1.807) is 0 Å². The zero-order valence-corrected chi connectivity index (χ0v) is 11.8. The van der Waals surface area contributed by atoms with E-state index in [0.717, 1.165) is 4.90 Å². The molecule has 1 aromatic carbocycles. The van der Waals surface area contributed by atoms with Crippen LogP contribution in [0, 0.1) is 0 Å². The third-order valence-electron chi connectivity index (χ3n) is 3.14. The summed E-state index contributed by atoms with van der Waals surface area (Å²) in [6.45, 7) is 2.74. The summed E-state index contributed by atoms with van der Waals surface area (Å²) in [5.74, 6) is -2.14. The molecule has 1 aliphatic rings. The van der Waals surface area contributed by atoms with Gasteiger partial charge in [-0.05, 0) is 26.0 Å². The topological polar surface area (TPSA) is 91.8 Å². The van der Waals surface area contributed by atoms with Crippen molar-refractivity contribution < 1.29 is 23.7 Å². The lowest BCUT2D eigenvalue weighted by atomic mass is 10.1. The zero-order chi connectivity index (χ0) is 15.0. The molecule has 1 heterocycles. The predicted molar refractivity (Wildman–Crippen MR) is 72.3 cm³/mol. The highest BCUT2D eigenvalue weighted by Gasteiger charge is 2.35. The maximum Gasteiger partial charge on any atom is 0.326 e. The molecule has 0 bridgehead atoms. The van der Waals surface area contributed by atoms with Crippen molar-refractivity contribution in [2.45, 2.75) is 24.8 Å². The van der Waals surface area contributed by atoms with Crippen LogP contribution in [0.2, 0.25) is 0 Å². The highest BCUT2D eigenvalue weighted by atomic mass is 32.2. The van der Waals surface area contributed by atoms with Gasteiger partial charge in [-0.1, -0.05) is 6.07 Å². The van der Waals surface area contributed by atoms with Crippen molar-refractivity contribution in [2.75, 3.05) is 10.7 Å². The van der Waals surface area contributed by atoms with Crippen molar-refractivity contribution >= 4 is 34.1 Å². The summed E-state index contributed by atoms with van der Waals surface area (Å²) in [5, 5.41) is 9.09. The van der Waals surface area contributed by atoms with E-state index in [0.29, 0.717) is 10.5 Å². The van der Waals surface area contributed by atoms with Crippen LogP contribution < -0.4 is 4.90 Å². The number of rotatable bonds is 3. The van der Waals surface area contributed by atoms with E-state index in [2.05, 4.69) is 0 Å². The first-order valence-electron chi connectivity index (χ1n) is 5.91. The van der Waals surface area contributed by atoms with Crippen LogP contribution in [-0.2, 0) is 20.4 Å². The lowest BCUT2D eigenvalue weighted by molar-refractivity contribution is -0.139. The molecule has 6 nitrogen and oxygen atoms in total. The van der Waals surface area contributed by atoms with Crippen molar-refractivity contribution in [3.05, 3.63) is 23.8 Å². The van der Waals surface area contributed by atoms with E-state index in [4.69, 9.17) is 5.11 Å². The van der Waals surface area contributed by atoms with Gasteiger partial charge in [0.15, 0.2) is 5.78 Å². The lowest BCUT2D eigenvalue weighted by Gasteiger charge is -2.32. The maximum atomic E-state index is 12.0. The average Bonchev–Trinajstić information content (AvgIpc) is 2.37. The first-order chi connectivity index (χ1) is 9.32. The number of fused-ring (bicyclic) bond motifs is 1. The molecule has 0 aromatic heterocycles. The van der Waals surface area contributed by atoms with Crippen LogP contribution in [-0.4, -0.2) is 38.8 Å². The molecule has 20 heavy (non-hydrogen) atoms. The van der Waals surface area contributed by atoms with Gasteiger partial charge in [0.1, 0.15) is 11.8 Å². The van der Waals surface area contributed by atoms with Gasteiger partial charge in [-0.3, -0.25) is 18.7 Å². The number of hydrogen-bond donors (Lipinski definition) is 1. The van der Waals surface area contributed by atoms with Crippen molar-refractivity contribution in [3.8, 4) is 0 Å². The van der Waals surface area contributed by atoms with Gasteiger partial charge in [0.05, 0.1) is 21.4 Å². The van der Waals surface area contributed by atoms with Gasteiger partial charge in [0, 0.05) is 5.56 Å². The molecule has 7 heteroatoms. The Labute approximate surface area is 117 Å². The molecule has 2 atom stereocenters. The number of anilines is 1. The Bertz CT molecular complexity index is 640. The molecule has 0 fully saturated rings. The van der Waals surface area contributed by atoms with E-state index in [-0.39, 0.29) is 17.2 Å². The number of hydrogen-bond acceptors (Lipinski definition) is 4. The number of nitrogens with zero attached hydrogens (tertiary/aromatic N) is 1. The Morgan fingerprint density at radius 1 is 1.40 bits per heavy atom. The number of aliphatic carboxylic acids is 1. The van der Waals surface area contributed by atoms with E-state index < -0.39 is 28.7 Å². The normalized spacial score (nSPS) is 19.4. The number of Topliss-reactive ketones (excluding diaryl/α,β-unsaturated/α-hetero) is 1. The van der Waals surface area contributed by atoms with Crippen LogP contribution in [0.25, 0.3) is 0 Å². The number of benzene rings is 1. The SMILES string of the molecule is CC(=O)c1ccc2c(c1)N(C(C)C(=O)O)C(=O)CS2=O. The maximum absolute atomic E-state index is 12.0. The van der Waals surface area contributed by atoms with Crippen LogP contribution in [0.4, 0.5) is 5.69 Å². The Morgan fingerprint density at radius 3 is 2.60 bits per heavy atom. The fourth-order valence-electron chi connectivity index (χ4n) is 2.05. The fraction of sp³-hybridized carbons (Fsp3) is 0.308. The first kappa shape index (κ1) is 14.4.